The van der Waals surface area contributed by atoms with Crippen molar-refractivity contribution >= 4 is 5.97 Å². The Balaban J connectivity index is 1.65. The molecule has 0 spiro atoms. The fourth-order valence-corrected chi connectivity index (χ4v) is 2.97. The van der Waals surface area contributed by atoms with Crippen LogP contribution in [0.2, 0.25) is 0 Å². The van der Waals surface area contributed by atoms with Gasteiger partial charge in [0.25, 0.3) is 0 Å². The zero-order valence-corrected chi connectivity index (χ0v) is 13.8. The molecule has 1 fully saturated rings. The molecule has 0 amide bonds. The number of methoxy groups -OCH3 is 1. The van der Waals surface area contributed by atoms with Crippen molar-refractivity contribution in [3.05, 3.63) is 65.2 Å². The summed E-state index contributed by atoms with van der Waals surface area (Å²) in [4.78, 5) is 11.5. The number of hydrogen-bond donors (Lipinski definition) is 1. The minimum absolute atomic E-state index is 0.0254. The van der Waals surface area contributed by atoms with Crippen molar-refractivity contribution in [1.29, 1.82) is 0 Å². The van der Waals surface area contributed by atoms with Gasteiger partial charge in [0.1, 0.15) is 30.0 Å². The molecule has 1 heterocycles. The van der Waals surface area contributed by atoms with Crippen LogP contribution in [0.15, 0.2) is 42.5 Å². The Morgan fingerprint density at radius 1 is 1.16 bits per heavy atom. The second-order valence-corrected chi connectivity index (χ2v) is 5.94. The summed E-state index contributed by atoms with van der Waals surface area (Å²) < 4.78 is 38.2. The molecule has 0 aliphatic carbocycles. The monoisotopic (exact) mass is 347 g/mol. The Morgan fingerprint density at radius 2 is 1.96 bits per heavy atom. The van der Waals surface area contributed by atoms with E-state index in [2.05, 4.69) is 5.32 Å². The van der Waals surface area contributed by atoms with E-state index >= 15 is 0 Å². The summed E-state index contributed by atoms with van der Waals surface area (Å²) in [6.45, 7) is 0.0254. The molecule has 3 rings (SSSR count). The molecule has 0 unspecified atom stereocenters. The Bertz CT molecular complexity index is 766. The molecule has 0 saturated carbocycles. The van der Waals surface area contributed by atoms with Gasteiger partial charge in [-0.1, -0.05) is 24.3 Å². The van der Waals surface area contributed by atoms with E-state index in [9.17, 15) is 13.6 Å². The third-order valence-corrected chi connectivity index (χ3v) is 4.33. The van der Waals surface area contributed by atoms with Crippen molar-refractivity contribution in [3.8, 4) is 5.75 Å². The predicted molar refractivity (Wildman–Crippen MR) is 88.0 cm³/mol. The van der Waals surface area contributed by atoms with Crippen molar-refractivity contribution in [1.82, 2.24) is 5.32 Å². The highest BCUT2D eigenvalue weighted by atomic mass is 19.1. The maximum atomic E-state index is 14.4. The zero-order valence-electron chi connectivity index (χ0n) is 13.8. The van der Waals surface area contributed by atoms with E-state index in [0.29, 0.717) is 29.7 Å². The SMILES string of the molecule is COC(=O)[C@@H]1CC[C@H](c2ccc(OCc3ccccc3F)cc2F)N1. The summed E-state index contributed by atoms with van der Waals surface area (Å²) in [6, 6.07) is 10.2. The van der Waals surface area contributed by atoms with Gasteiger partial charge >= 0.3 is 5.97 Å². The fourth-order valence-electron chi connectivity index (χ4n) is 2.97. The molecule has 4 nitrogen and oxygen atoms in total. The molecule has 132 valence electrons. The number of hydrogen-bond acceptors (Lipinski definition) is 4. The molecule has 1 aliphatic heterocycles. The quantitative estimate of drug-likeness (QED) is 0.841. The van der Waals surface area contributed by atoms with Gasteiger partial charge < -0.3 is 9.47 Å². The Kier molecular flexibility index (Phi) is 5.28. The Morgan fingerprint density at radius 3 is 2.68 bits per heavy atom. The molecular formula is C19H19F2NO3. The molecule has 2 aromatic carbocycles. The van der Waals surface area contributed by atoms with Crippen molar-refractivity contribution in [3.63, 3.8) is 0 Å². The zero-order chi connectivity index (χ0) is 17.8. The number of rotatable bonds is 5. The highest BCUT2D eigenvalue weighted by Gasteiger charge is 2.31. The van der Waals surface area contributed by atoms with Gasteiger partial charge in [0, 0.05) is 23.2 Å². The first kappa shape index (κ1) is 17.4. The van der Waals surface area contributed by atoms with Crippen LogP contribution in [0.4, 0.5) is 8.78 Å². The number of carbonyl (C=O) groups excluding carboxylic acids is 1. The maximum Gasteiger partial charge on any atom is 0.322 e. The molecule has 1 aliphatic rings. The molecular weight excluding hydrogens is 328 g/mol. The maximum absolute atomic E-state index is 14.4. The summed E-state index contributed by atoms with van der Waals surface area (Å²) in [5, 5.41) is 3.08. The summed E-state index contributed by atoms with van der Waals surface area (Å²) >= 11 is 0. The van der Waals surface area contributed by atoms with E-state index in [-0.39, 0.29) is 24.4 Å². The van der Waals surface area contributed by atoms with E-state index in [0.717, 1.165) is 0 Å². The molecule has 1 N–H and O–H groups in total. The van der Waals surface area contributed by atoms with Crippen molar-refractivity contribution in [2.24, 2.45) is 0 Å². The third-order valence-electron chi connectivity index (χ3n) is 4.33. The van der Waals surface area contributed by atoms with Crippen LogP contribution in [0.1, 0.15) is 30.0 Å². The molecule has 2 atom stereocenters. The number of esters is 1. The summed E-state index contributed by atoms with van der Waals surface area (Å²) in [7, 11) is 1.33. The predicted octanol–water partition coefficient (Wildman–Crippen LogP) is 3.51. The van der Waals surface area contributed by atoms with E-state index in [4.69, 9.17) is 9.47 Å². The minimum Gasteiger partial charge on any atom is -0.489 e. The van der Waals surface area contributed by atoms with Gasteiger partial charge in [0.15, 0.2) is 0 Å². The van der Waals surface area contributed by atoms with Crippen LogP contribution in [0.25, 0.3) is 0 Å². The van der Waals surface area contributed by atoms with Crippen LogP contribution < -0.4 is 10.1 Å². The highest BCUT2D eigenvalue weighted by molar-refractivity contribution is 5.76. The van der Waals surface area contributed by atoms with E-state index in [1.807, 2.05) is 0 Å². The van der Waals surface area contributed by atoms with Crippen LogP contribution in [0, 0.1) is 11.6 Å². The topological polar surface area (TPSA) is 47.6 Å². The number of nitrogens with one attached hydrogen (secondary N) is 1. The van der Waals surface area contributed by atoms with E-state index in [1.54, 1.807) is 30.3 Å². The molecule has 0 aromatic heterocycles. The van der Waals surface area contributed by atoms with Crippen LogP contribution in [-0.4, -0.2) is 19.1 Å². The molecule has 1 saturated heterocycles. The lowest BCUT2D eigenvalue weighted by Gasteiger charge is -2.15. The first-order valence-corrected chi connectivity index (χ1v) is 8.08. The van der Waals surface area contributed by atoms with Crippen molar-refractivity contribution in [2.45, 2.75) is 31.5 Å². The normalized spacial score (nSPS) is 19.6. The summed E-state index contributed by atoms with van der Waals surface area (Å²) in [6.07, 6.45) is 1.24. The van der Waals surface area contributed by atoms with Gasteiger partial charge in [-0.05, 0) is 25.0 Å². The summed E-state index contributed by atoms with van der Waals surface area (Å²) in [5.41, 5.74) is 0.884. The first-order valence-electron chi connectivity index (χ1n) is 8.08. The lowest BCUT2D eigenvalue weighted by molar-refractivity contribution is -0.142. The molecule has 25 heavy (non-hydrogen) atoms. The average Bonchev–Trinajstić information content (AvgIpc) is 3.10. The highest BCUT2D eigenvalue weighted by Crippen LogP contribution is 2.30. The first-order chi connectivity index (χ1) is 12.1. The largest absolute Gasteiger partial charge is 0.489 e. The molecule has 6 heteroatoms. The minimum atomic E-state index is -0.422. The average molecular weight is 347 g/mol. The second kappa shape index (κ2) is 7.61. The van der Waals surface area contributed by atoms with E-state index < -0.39 is 11.9 Å². The standard InChI is InChI=1S/C19H19F2NO3/c1-24-19(23)18-9-8-17(22-18)14-7-6-13(10-16(14)21)25-11-12-4-2-3-5-15(12)20/h2-7,10,17-18,22H,8-9,11H2,1H3/t17-,18+/m1/s1. The lowest BCUT2D eigenvalue weighted by atomic mass is 10.0. The van der Waals surface area contributed by atoms with Crippen LogP contribution in [-0.2, 0) is 16.1 Å². The van der Waals surface area contributed by atoms with Gasteiger partial charge in [-0.3, -0.25) is 10.1 Å². The Labute approximate surface area is 144 Å². The van der Waals surface area contributed by atoms with Crippen LogP contribution >= 0.6 is 0 Å². The van der Waals surface area contributed by atoms with Gasteiger partial charge in [-0.25, -0.2) is 8.78 Å². The van der Waals surface area contributed by atoms with Gasteiger partial charge in [0.05, 0.1) is 7.11 Å². The smallest absolute Gasteiger partial charge is 0.322 e. The number of benzene rings is 2. The molecule has 0 bridgehead atoms. The fraction of sp³-hybridized carbons (Fsp3) is 0.316. The Hall–Kier alpha value is -2.47. The number of halogens is 2. The number of carbonyl (C=O) groups is 1. The van der Waals surface area contributed by atoms with Crippen molar-refractivity contribution in [2.75, 3.05) is 7.11 Å². The van der Waals surface area contributed by atoms with Crippen LogP contribution in [0.3, 0.4) is 0 Å². The van der Waals surface area contributed by atoms with Gasteiger partial charge in [0.2, 0.25) is 0 Å². The molecule has 2 aromatic rings. The van der Waals surface area contributed by atoms with Gasteiger partial charge in [-0.2, -0.15) is 0 Å². The number of ether oxygens (including phenoxy) is 2. The third kappa shape index (κ3) is 3.96. The van der Waals surface area contributed by atoms with Gasteiger partial charge in [-0.15, -0.1) is 0 Å². The lowest BCUT2D eigenvalue weighted by Crippen LogP contribution is -2.33. The summed E-state index contributed by atoms with van der Waals surface area (Å²) in [5.74, 6) is -0.794. The molecule has 0 radical (unpaired) electrons. The van der Waals surface area contributed by atoms with E-state index in [1.165, 1.54) is 19.2 Å². The second-order valence-electron chi connectivity index (χ2n) is 5.94. The van der Waals surface area contributed by atoms with Crippen molar-refractivity contribution < 1.29 is 23.0 Å². The van der Waals surface area contributed by atoms with Crippen LogP contribution in [0.5, 0.6) is 5.75 Å².